The van der Waals surface area contributed by atoms with Crippen molar-refractivity contribution in [1.82, 2.24) is 4.98 Å². The average Bonchev–Trinajstić information content (AvgIpc) is 2.83. The molecule has 7 heteroatoms. The van der Waals surface area contributed by atoms with Gasteiger partial charge in [-0.1, -0.05) is 0 Å². The number of thiophene rings is 1. The molecule has 0 radical (unpaired) electrons. The first-order valence-electron chi connectivity index (χ1n) is 6.05. The van der Waals surface area contributed by atoms with Crippen LogP contribution in [-0.4, -0.2) is 16.9 Å². The number of amides is 1. The molecule has 0 saturated carbocycles. The number of halogens is 1. The van der Waals surface area contributed by atoms with Crippen molar-refractivity contribution < 1.29 is 4.79 Å². The van der Waals surface area contributed by atoms with Gasteiger partial charge in [0.2, 0.25) is 5.91 Å². The summed E-state index contributed by atoms with van der Waals surface area (Å²) in [6.45, 7) is 5.90. The van der Waals surface area contributed by atoms with E-state index in [-0.39, 0.29) is 24.4 Å². The predicted molar refractivity (Wildman–Crippen MR) is 89.0 cm³/mol. The summed E-state index contributed by atoms with van der Waals surface area (Å²) >= 11 is 3.21. The summed E-state index contributed by atoms with van der Waals surface area (Å²) in [7, 11) is 0. The van der Waals surface area contributed by atoms with Crippen LogP contribution in [-0.2, 0) is 4.79 Å². The largest absolute Gasteiger partial charge is 0.327 e. The highest BCUT2D eigenvalue weighted by Gasteiger charge is 2.13. The van der Waals surface area contributed by atoms with E-state index in [4.69, 9.17) is 5.73 Å². The molecule has 0 spiro atoms. The van der Waals surface area contributed by atoms with E-state index < -0.39 is 0 Å². The molecule has 2 rings (SSSR count). The van der Waals surface area contributed by atoms with Crippen LogP contribution in [0.4, 0.5) is 5.13 Å². The lowest BCUT2D eigenvalue weighted by atomic mass is 10.2. The Morgan fingerprint density at radius 2 is 2.10 bits per heavy atom. The van der Waals surface area contributed by atoms with E-state index >= 15 is 0 Å². The van der Waals surface area contributed by atoms with E-state index in [0.29, 0.717) is 11.6 Å². The highest BCUT2D eigenvalue weighted by molar-refractivity contribution is 7.18. The van der Waals surface area contributed by atoms with Gasteiger partial charge in [-0.15, -0.1) is 35.1 Å². The molecular weight excluding hydrogens is 314 g/mol. The normalized spacial score (nSPS) is 11.8. The second-order valence-electron chi connectivity index (χ2n) is 4.56. The number of hydrogen-bond donors (Lipinski definition) is 2. The summed E-state index contributed by atoms with van der Waals surface area (Å²) in [6, 6.07) is 4.00. The molecule has 3 N–H and O–H groups in total. The van der Waals surface area contributed by atoms with Crippen LogP contribution in [0.15, 0.2) is 12.1 Å². The molecule has 2 heterocycles. The maximum Gasteiger partial charge on any atom is 0.227 e. The Kier molecular flexibility index (Phi) is 6.13. The van der Waals surface area contributed by atoms with Crippen LogP contribution in [0.2, 0.25) is 0 Å². The Hall–Kier alpha value is -0.950. The van der Waals surface area contributed by atoms with Gasteiger partial charge >= 0.3 is 0 Å². The molecule has 0 aromatic carbocycles. The fourth-order valence-corrected chi connectivity index (χ4v) is 3.53. The molecule has 0 aliphatic carbocycles. The molecule has 0 bridgehead atoms. The smallest absolute Gasteiger partial charge is 0.227 e. The second-order valence-corrected chi connectivity index (χ2v) is 7.05. The minimum Gasteiger partial charge on any atom is -0.327 e. The first kappa shape index (κ1) is 17.1. The van der Waals surface area contributed by atoms with Crippen molar-refractivity contribution in [2.45, 2.75) is 33.2 Å². The number of aryl methyl sites for hydroxylation is 2. The fourth-order valence-electron chi connectivity index (χ4n) is 1.70. The van der Waals surface area contributed by atoms with Gasteiger partial charge in [-0.3, -0.25) is 4.79 Å². The van der Waals surface area contributed by atoms with Gasteiger partial charge in [0.05, 0.1) is 10.6 Å². The van der Waals surface area contributed by atoms with E-state index in [1.807, 2.05) is 13.8 Å². The molecule has 20 heavy (non-hydrogen) atoms. The molecule has 2 aromatic rings. The monoisotopic (exact) mass is 331 g/mol. The number of nitrogens with one attached hydrogen (secondary N) is 1. The summed E-state index contributed by atoms with van der Waals surface area (Å²) in [5.41, 5.74) is 6.56. The minimum atomic E-state index is -0.138. The molecular formula is C13H18ClN3OS2. The van der Waals surface area contributed by atoms with Gasteiger partial charge < -0.3 is 11.1 Å². The first-order chi connectivity index (χ1) is 8.95. The first-order valence-corrected chi connectivity index (χ1v) is 7.68. The molecule has 0 saturated heterocycles. The molecule has 0 aliphatic rings. The van der Waals surface area contributed by atoms with Gasteiger partial charge in [0.15, 0.2) is 5.13 Å². The topological polar surface area (TPSA) is 68.0 Å². The van der Waals surface area contributed by atoms with E-state index in [9.17, 15) is 4.79 Å². The maximum atomic E-state index is 11.7. The van der Waals surface area contributed by atoms with Crippen molar-refractivity contribution in [2.75, 3.05) is 5.32 Å². The third kappa shape index (κ3) is 4.28. The van der Waals surface area contributed by atoms with E-state index in [0.717, 1.165) is 15.4 Å². The van der Waals surface area contributed by atoms with Gasteiger partial charge in [-0.25, -0.2) is 4.98 Å². The Morgan fingerprint density at radius 3 is 2.65 bits per heavy atom. The van der Waals surface area contributed by atoms with Crippen molar-refractivity contribution in [3.8, 4) is 10.6 Å². The van der Waals surface area contributed by atoms with Crippen LogP contribution < -0.4 is 11.1 Å². The van der Waals surface area contributed by atoms with Crippen LogP contribution in [0.1, 0.15) is 23.1 Å². The number of nitrogens with zero attached hydrogens (tertiary/aromatic N) is 1. The average molecular weight is 332 g/mol. The lowest BCUT2D eigenvalue weighted by Gasteiger charge is -2.03. The highest BCUT2D eigenvalue weighted by atomic mass is 35.5. The molecule has 0 aliphatic heterocycles. The Balaban J connectivity index is 0.00000200. The summed E-state index contributed by atoms with van der Waals surface area (Å²) in [4.78, 5) is 19.7. The van der Waals surface area contributed by atoms with E-state index in [2.05, 4.69) is 29.4 Å². The van der Waals surface area contributed by atoms with Gasteiger partial charge in [0.1, 0.15) is 0 Å². The maximum absolute atomic E-state index is 11.7. The SMILES string of the molecule is Cc1ccc(-c2nc(NC(=O)CC(C)N)sc2C)s1.Cl. The zero-order valence-corrected chi connectivity index (χ0v) is 14.0. The number of hydrogen-bond acceptors (Lipinski definition) is 5. The zero-order valence-electron chi connectivity index (χ0n) is 11.6. The van der Waals surface area contributed by atoms with Gasteiger partial charge in [0.25, 0.3) is 0 Å². The van der Waals surface area contributed by atoms with Crippen LogP contribution >= 0.6 is 35.1 Å². The van der Waals surface area contributed by atoms with Crippen molar-refractivity contribution in [3.63, 3.8) is 0 Å². The molecule has 1 atom stereocenters. The second kappa shape index (κ2) is 7.17. The number of carbonyl (C=O) groups excluding carboxylic acids is 1. The lowest BCUT2D eigenvalue weighted by Crippen LogP contribution is -2.23. The van der Waals surface area contributed by atoms with Gasteiger partial charge in [-0.05, 0) is 32.9 Å². The summed E-state index contributed by atoms with van der Waals surface area (Å²) < 4.78 is 0. The number of aromatic nitrogens is 1. The van der Waals surface area contributed by atoms with E-state index in [1.165, 1.54) is 16.2 Å². The lowest BCUT2D eigenvalue weighted by molar-refractivity contribution is -0.116. The molecule has 2 aromatic heterocycles. The third-order valence-corrected chi connectivity index (χ3v) is 4.42. The summed E-state index contributed by atoms with van der Waals surface area (Å²) in [5, 5.41) is 3.45. The van der Waals surface area contributed by atoms with Crippen molar-refractivity contribution in [3.05, 3.63) is 21.9 Å². The Labute approximate surface area is 132 Å². The van der Waals surface area contributed by atoms with Crippen molar-refractivity contribution >= 4 is 46.1 Å². The highest BCUT2D eigenvalue weighted by Crippen LogP contribution is 2.34. The van der Waals surface area contributed by atoms with Crippen LogP contribution in [0.5, 0.6) is 0 Å². The van der Waals surface area contributed by atoms with Crippen molar-refractivity contribution in [1.29, 1.82) is 0 Å². The molecule has 1 unspecified atom stereocenters. The third-order valence-electron chi connectivity index (χ3n) is 2.52. The van der Waals surface area contributed by atoms with Crippen molar-refractivity contribution in [2.24, 2.45) is 5.73 Å². The van der Waals surface area contributed by atoms with Crippen LogP contribution in [0, 0.1) is 13.8 Å². The van der Waals surface area contributed by atoms with Gasteiger partial charge in [0, 0.05) is 22.2 Å². The molecule has 1 amide bonds. The molecule has 4 nitrogen and oxygen atoms in total. The van der Waals surface area contributed by atoms with Gasteiger partial charge in [-0.2, -0.15) is 0 Å². The number of carbonyl (C=O) groups is 1. The minimum absolute atomic E-state index is 0. The number of anilines is 1. The zero-order chi connectivity index (χ0) is 14.0. The Bertz CT molecular complexity index is 592. The van der Waals surface area contributed by atoms with Crippen LogP contribution in [0.25, 0.3) is 10.6 Å². The molecule has 110 valence electrons. The standard InChI is InChI=1S/C13H17N3OS2.ClH/c1-7(14)6-11(17)15-13-16-12(9(3)19-13)10-5-4-8(2)18-10;/h4-5,7H,6,14H2,1-3H3,(H,15,16,17);1H. The summed E-state index contributed by atoms with van der Waals surface area (Å²) in [6.07, 6.45) is 0.312. The molecule has 0 fully saturated rings. The predicted octanol–water partition coefficient (Wildman–Crippen LogP) is 3.59. The van der Waals surface area contributed by atoms with E-state index in [1.54, 1.807) is 11.3 Å². The van der Waals surface area contributed by atoms with Crippen LogP contribution in [0.3, 0.4) is 0 Å². The quantitative estimate of drug-likeness (QED) is 0.899. The Morgan fingerprint density at radius 1 is 1.40 bits per heavy atom. The fraction of sp³-hybridized carbons (Fsp3) is 0.385. The number of thiazole rings is 1. The number of nitrogens with two attached hydrogens (primary N) is 1. The summed E-state index contributed by atoms with van der Waals surface area (Å²) in [5.74, 6) is -0.0855. The number of rotatable bonds is 4.